The van der Waals surface area contributed by atoms with Crippen LogP contribution in [0, 0.1) is 0 Å². The Morgan fingerprint density at radius 3 is 1.44 bits per heavy atom. The molecule has 2 aliphatic rings. The van der Waals surface area contributed by atoms with E-state index < -0.39 is 97.0 Å². The van der Waals surface area contributed by atoms with Crippen LogP contribution in [0.15, 0.2) is 60.7 Å². The molecule has 2 fully saturated rings. The fraction of sp³-hybridized carbons (Fsp3) is 0.553. The Bertz CT molecular complexity index is 1530. The van der Waals surface area contributed by atoms with E-state index in [4.69, 9.17) is 47.4 Å². The van der Waals surface area contributed by atoms with E-state index in [2.05, 4.69) is 0 Å². The predicted molar refractivity (Wildman–Crippen MR) is 190 cm³/mol. The van der Waals surface area contributed by atoms with Gasteiger partial charge < -0.3 is 47.4 Å². The summed E-state index contributed by atoms with van der Waals surface area (Å²) < 4.78 is 59.8. The molecule has 2 aromatic rings. The SMILES string of the molecule is CCSC1OC(COC2OC(COC(C)=O)C(OC(C)=O)C(OC(C)=O)C2OCc2ccccc2)C(OC(C)=O)C(OC(C)=O)C1OCc1ccccc1. The maximum Gasteiger partial charge on any atom is 0.303 e. The average molecular weight is 777 g/mol. The van der Waals surface area contributed by atoms with Gasteiger partial charge in [-0.05, 0) is 16.9 Å². The van der Waals surface area contributed by atoms with Gasteiger partial charge in [-0.15, -0.1) is 11.8 Å². The number of benzene rings is 2. The lowest BCUT2D eigenvalue weighted by molar-refractivity contribution is -0.324. The van der Waals surface area contributed by atoms with Crippen LogP contribution in [0.4, 0.5) is 0 Å². The minimum absolute atomic E-state index is 0.00801. The summed E-state index contributed by atoms with van der Waals surface area (Å²) in [6, 6.07) is 18.5. The smallest absolute Gasteiger partial charge is 0.303 e. The van der Waals surface area contributed by atoms with Crippen molar-refractivity contribution in [2.75, 3.05) is 19.0 Å². The van der Waals surface area contributed by atoms with E-state index in [1.165, 1.54) is 46.4 Å². The highest BCUT2D eigenvalue weighted by Gasteiger charge is 2.54. The van der Waals surface area contributed by atoms with E-state index in [0.717, 1.165) is 11.1 Å². The first kappa shape index (κ1) is 42.7. The first-order valence-corrected chi connectivity index (χ1v) is 18.6. The van der Waals surface area contributed by atoms with E-state index in [1.54, 1.807) is 0 Å². The Hall–Kier alpha value is -4.06. The van der Waals surface area contributed by atoms with Gasteiger partial charge >= 0.3 is 29.8 Å². The number of hydrogen-bond acceptors (Lipinski definition) is 16. The molecule has 0 N–H and O–H groups in total. The summed E-state index contributed by atoms with van der Waals surface area (Å²) in [5.41, 5.74) is 0.918. The van der Waals surface area contributed by atoms with Crippen molar-refractivity contribution in [1.82, 2.24) is 0 Å². The van der Waals surface area contributed by atoms with Crippen molar-refractivity contribution in [3.8, 4) is 0 Å². The van der Waals surface area contributed by atoms with Crippen molar-refractivity contribution in [1.29, 1.82) is 0 Å². The fourth-order valence-electron chi connectivity index (χ4n) is 6.05. The predicted octanol–water partition coefficient (Wildman–Crippen LogP) is 3.67. The number of thioether (sulfide) groups is 1. The van der Waals surface area contributed by atoms with Gasteiger partial charge in [0, 0.05) is 34.6 Å². The van der Waals surface area contributed by atoms with E-state index in [9.17, 15) is 24.0 Å². The Balaban J connectivity index is 1.68. The molecule has 296 valence electrons. The number of esters is 5. The molecule has 4 rings (SSSR count). The molecule has 10 unspecified atom stereocenters. The van der Waals surface area contributed by atoms with Crippen LogP contribution in [0.25, 0.3) is 0 Å². The highest BCUT2D eigenvalue weighted by atomic mass is 32.2. The Morgan fingerprint density at radius 2 is 0.981 bits per heavy atom. The number of carbonyl (C=O) groups is 5. The Kier molecular flexibility index (Phi) is 16.7. The minimum atomic E-state index is -1.36. The summed E-state index contributed by atoms with van der Waals surface area (Å²) >= 11 is 1.40. The zero-order valence-electron chi connectivity index (χ0n) is 31.1. The minimum Gasteiger partial charge on any atom is -0.463 e. The van der Waals surface area contributed by atoms with Crippen LogP contribution in [0.1, 0.15) is 52.7 Å². The average Bonchev–Trinajstić information content (AvgIpc) is 3.11. The molecular weight excluding hydrogens is 728 g/mol. The fourth-order valence-corrected chi connectivity index (χ4v) is 7.02. The van der Waals surface area contributed by atoms with E-state index in [1.807, 2.05) is 67.6 Å². The van der Waals surface area contributed by atoms with Crippen LogP contribution in [-0.4, -0.2) is 109 Å². The van der Waals surface area contributed by atoms with Gasteiger partial charge in [0.25, 0.3) is 0 Å². The molecule has 10 atom stereocenters. The zero-order valence-corrected chi connectivity index (χ0v) is 31.9. The van der Waals surface area contributed by atoms with Gasteiger partial charge in [-0.1, -0.05) is 67.6 Å². The number of rotatable bonds is 17. The van der Waals surface area contributed by atoms with Gasteiger partial charge in [0.1, 0.15) is 36.5 Å². The zero-order chi connectivity index (χ0) is 39.2. The quantitative estimate of drug-likeness (QED) is 0.168. The topological polar surface area (TPSA) is 178 Å². The maximum atomic E-state index is 12.5. The molecular formula is C38H48O15S. The molecule has 16 heteroatoms. The molecule has 0 aromatic heterocycles. The normalized spacial score (nSPS) is 28.0. The second kappa shape index (κ2) is 21.1. The van der Waals surface area contributed by atoms with E-state index in [0.29, 0.717) is 5.75 Å². The summed E-state index contributed by atoms with van der Waals surface area (Å²) in [6.45, 7) is 7.38. The van der Waals surface area contributed by atoms with Crippen LogP contribution in [0.2, 0.25) is 0 Å². The second-order valence-electron chi connectivity index (χ2n) is 12.5. The van der Waals surface area contributed by atoms with Crippen molar-refractivity contribution in [3.05, 3.63) is 71.8 Å². The van der Waals surface area contributed by atoms with Crippen molar-refractivity contribution < 1.29 is 71.3 Å². The third-order valence-corrected chi connectivity index (χ3v) is 9.21. The molecule has 2 aromatic carbocycles. The molecule has 0 bridgehead atoms. The number of hydrogen-bond donors (Lipinski definition) is 0. The molecule has 0 amide bonds. The molecule has 54 heavy (non-hydrogen) atoms. The molecule has 0 saturated carbocycles. The van der Waals surface area contributed by atoms with Gasteiger partial charge in [-0.3, -0.25) is 24.0 Å². The summed E-state index contributed by atoms with van der Waals surface area (Å²) in [7, 11) is 0. The van der Waals surface area contributed by atoms with Gasteiger partial charge in [-0.25, -0.2) is 0 Å². The van der Waals surface area contributed by atoms with Crippen molar-refractivity contribution in [3.63, 3.8) is 0 Å². The first-order valence-electron chi connectivity index (χ1n) is 17.5. The number of carbonyl (C=O) groups excluding carboxylic acids is 5. The van der Waals surface area contributed by atoms with Crippen molar-refractivity contribution in [2.45, 2.75) is 115 Å². The summed E-state index contributed by atoms with van der Waals surface area (Å²) in [4.78, 5) is 61.6. The van der Waals surface area contributed by atoms with E-state index >= 15 is 0 Å². The number of ether oxygens (including phenoxy) is 10. The van der Waals surface area contributed by atoms with Crippen molar-refractivity contribution in [2.24, 2.45) is 0 Å². The summed E-state index contributed by atoms with van der Waals surface area (Å²) in [5.74, 6) is -2.78. The summed E-state index contributed by atoms with van der Waals surface area (Å²) in [6.07, 6.45) is -10.5. The molecule has 0 aliphatic carbocycles. The molecule has 2 aliphatic heterocycles. The molecule has 2 heterocycles. The maximum absolute atomic E-state index is 12.5. The van der Waals surface area contributed by atoms with Crippen molar-refractivity contribution >= 4 is 41.6 Å². The third-order valence-electron chi connectivity index (χ3n) is 8.17. The second-order valence-corrected chi connectivity index (χ2v) is 13.9. The van der Waals surface area contributed by atoms with Gasteiger partial charge in [0.05, 0.1) is 19.8 Å². The highest BCUT2D eigenvalue weighted by molar-refractivity contribution is 7.99. The summed E-state index contributed by atoms with van der Waals surface area (Å²) in [5, 5.41) is 0. The van der Waals surface area contributed by atoms with Gasteiger partial charge in [-0.2, -0.15) is 0 Å². The van der Waals surface area contributed by atoms with Crippen LogP contribution < -0.4 is 0 Å². The monoisotopic (exact) mass is 776 g/mol. The van der Waals surface area contributed by atoms with Crippen LogP contribution >= 0.6 is 11.8 Å². The molecule has 15 nitrogen and oxygen atoms in total. The van der Waals surface area contributed by atoms with Gasteiger partial charge in [0.15, 0.2) is 30.7 Å². The molecule has 2 saturated heterocycles. The van der Waals surface area contributed by atoms with Crippen LogP contribution in [-0.2, 0) is 84.6 Å². The van der Waals surface area contributed by atoms with E-state index in [-0.39, 0.29) is 19.8 Å². The highest BCUT2D eigenvalue weighted by Crippen LogP contribution is 2.36. The Morgan fingerprint density at radius 1 is 0.537 bits per heavy atom. The lowest BCUT2D eigenvalue weighted by atomic mass is 9.97. The first-order chi connectivity index (χ1) is 25.9. The molecule has 0 radical (unpaired) electrons. The standard InChI is InChI=1S/C38H48O15S/c1-7-54-38-36(46-19-28-16-12-9-13-17-28)34(51-26(6)43)32(49-24(4)41)30(53-38)21-47-37-35(45-18-27-14-10-8-11-15-27)33(50-25(5)42)31(48-23(3)40)29(52-37)20-44-22(2)39/h8-17,29-38H,7,18-21H2,1-6H3. The molecule has 0 spiro atoms. The Labute approximate surface area is 318 Å². The van der Waals surface area contributed by atoms with Crippen LogP contribution in [0.5, 0.6) is 0 Å². The lowest BCUT2D eigenvalue weighted by Gasteiger charge is -2.47. The largest absolute Gasteiger partial charge is 0.463 e. The lowest BCUT2D eigenvalue weighted by Crippen LogP contribution is -2.64. The van der Waals surface area contributed by atoms with Crippen LogP contribution in [0.3, 0.4) is 0 Å². The van der Waals surface area contributed by atoms with Gasteiger partial charge in [0.2, 0.25) is 0 Å². The third kappa shape index (κ3) is 12.8.